The van der Waals surface area contributed by atoms with Gasteiger partial charge in [-0.2, -0.15) is 0 Å². The number of aliphatic hydroxyl groups excluding tert-OH is 1. The van der Waals surface area contributed by atoms with Crippen LogP contribution >= 0.6 is 0 Å². The predicted octanol–water partition coefficient (Wildman–Crippen LogP) is 3.50. The summed E-state index contributed by atoms with van der Waals surface area (Å²) in [4.78, 5) is 30.8. The molecule has 2 aromatic heterocycles. The highest BCUT2D eigenvalue weighted by molar-refractivity contribution is 5.99. The van der Waals surface area contributed by atoms with Gasteiger partial charge >= 0.3 is 6.36 Å². The summed E-state index contributed by atoms with van der Waals surface area (Å²) in [7, 11) is 1.67. The summed E-state index contributed by atoms with van der Waals surface area (Å²) in [5.74, 6) is -0.274. The van der Waals surface area contributed by atoms with Crippen LogP contribution in [0.2, 0.25) is 0 Å². The lowest BCUT2D eigenvalue weighted by molar-refractivity contribution is -0.274. The standard InChI is InChI=1S/C26H29F3N6O3/c1-33-23(25(37)34-10-7-19(8-11-34)35-9-3-5-20(35)15-36)22(18-13-30-16-31-14-18)32-24(33)17-4-2-6-21(12-17)38-26(27,28)29/h2,4,6,12-14,16,19-20,36H,3,5,7-11,15H2,1H3/t20-/m0/s1. The van der Waals surface area contributed by atoms with Gasteiger partial charge in [-0.15, -0.1) is 13.2 Å². The molecule has 0 radical (unpaired) electrons. The third kappa shape index (κ3) is 5.37. The predicted molar refractivity (Wildman–Crippen MR) is 132 cm³/mol. The van der Waals surface area contributed by atoms with Crippen LogP contribution in [0.15, 0.2) is 43.0 Å². The van der Waals surface area contributed by atoms with Crippen molar-refractivity contribution in [3.8, 4) is 28.4 Å². The maximum Gasteiger partial charge on any atom is 0.573 e. The quantitative estimate of drug-likeness (QED) is 0.521. The Morgan fingerprint density at radius 3 is 2.53 bits per heavy atom. The molecule has 12 heteroatoms. The topological polar surface area (TPSA) is 96.6 Å². The Balaban J connectivity index is 1.44. The van der Waals surface area contributed by atoms with Gasteiger partial charge in [0.15, 0.2) is 0 Å². The molecular weight excluding hydrogens is 501 g/mol. The molecule has 2 aliphatic rings. The highest BCUT2D eigenvalue weighted by Crippen LogP contribution is 2.33. The molecule has 9 nitrogen and oxygen atoms in total. The van der Waals surface area contributed by atoms with Gasteiger partial charge in [0.25, 0.3) is 5.91 Å². The number of hydrogen-bond donors (Lipinski definition) is 1. The molecule has 2 aliphatic heterocycles. The Labute approximate surface area is 217 Å². The van der Waals surface area contributed by atoms with Gasteiger partial charge in [0.1, 0.15) is 29.3 Å². The normalized spacial score (nSPS) is 19.2. The number of piperidine rings is 1. The lowest BCUT2D eigenvalue weighted by Gasteiger charge is -2.39. The van der Waals surface area contributed by atoms with Crippen molar-refractivity contribution in [2.45, 2.75) is 44.1 Å². The van der Waals surface area contributed by atoms with E-state index in [1.165, 1.54) is 24.5 Å². The Morgan fingerprint density at radius 2 is 1.84 bits per heavy atom. The molecule has 0 spiro atoms. The number of alkyl halides is 3. The van der Waals surface area contributed by atoms with Crippen LogP contribution < -0.4 is 4.74 Å². The largest absolute Gasteiger partial charge is 0.573 e. The van der Waals surface area contributed by atoms with Gasteiger partial charge in [0.05, 0.1) is 6.61 Å². The molecule has 0 unspecified atom stereocenters. The second kappa shape index (κ2) is 10.7. The van der Waals surface area contributed by atoms with Gasteiger partial charge in [-0.25, -0.2) is 15.0 Å². The second-order valence-corrected chi connectivity index (χ2v) is 9.63. The summed E-state index contributed by atoms with van der Waals surface area (Å²) in [5.41, 5.74) is 1.56. The van der Waals surface area contributed by atoms with Crippen molar-refractivity contribution in [1.29, 1.82) is 0 Å². The number of ether oxygens (including phenoxy) is 1. The summed E-state index contributed by atoms with van der Waals surface area (Å²) in [6.07, 6.45) is 3.30. The Kier molecular flexibility index (Phi) is 7.35. The fraction of sp³-hybridized carbons (Fsp3) is 0.462. The van der Waals surface area contributed by atoms with E-state index in [4.69, 9.17) is 0 Å². The molecule has 0 saturated carbocycles. The van der Waals surface area contributed by atoms with Crippen LogP contribution in [-0.2, 0) is 7.05 Å². The van der Waals surface area contributed by atoms with Crippen LogP contribution in [0, 0.1) is 0 Å². The van der Waals surface area contributed by atoms with Crippen LogP contribution in [0.3, 0.4) is 0 Å². The second-order valence-electron chi connectivity index (χ2n) is 9.63. The van der Waals surface area contributed by atoms with Crippen LogP contribution in [-0.4, -0.2) is 85.0 Å². The number of imidazole rings is 1. The molecule has 38 heavy (non-hydrogen) atoms. The zero-order valence-corrected chi connectivity index (χ0v) is 20.9. The lowest BCUT2D eigenvalue weighted by Crippen LogP contribution is -2.49. The first-order valence-corrected chi connectivity index (χ1v) is 12.6. The molecule has 1 atom stereocenters. The van der Waals surface area contributed by atoms with Crippen LogP contribution in [0.4, 0.5) is 13.2 Å². The van der Waals surface area contributed by atoms with E-state index >= 15 is 0 Å². The fourth-order valence-corrected chi connectivity index (χ4v) is 5.54. The van der Waals surface area contributed by atoms with E-state index in [9.17, 15) is 23.1 Å². The van der Waals surface area contributed by atoms with Crippen molar-refractivity contribution in [3.05, 3.63) is 48.7 Å². The van der Waals surface area contributed by atoms with E-state index in [1.54, 1.807) is 35.0 Å². The number of aliphatic hydroxyl groups is 1. The highest BCUT2D eigenvalue weighted by Gasteiger charge is 2.35. The number of carbonyl (C=O) groups excluding carboxylic acids is 1. The van der Waals surface area contributed by atoms with E-state index < -0.39 is 6.36 Å². The zero-order valence-electron chi connectivity index (χ0n) is 20.9. The van der Waals surface area contributed by atoms with Crippen LogP contribution in [0.25, 0.3) is 22.6 Å². The average molecular weight is 531 g/mol. The molecular formula is C26H29F3N6O3. The summed E-state index contributed by atoms with van der Waals surface area (Å²) in [6.45, 7) is 2.22. The number of halogens is 3. The van der Waals surface area contributed by atoms with E-state index in [-0.39, 0.29) is 24.3 Å². The smallest absolute Gasteiger partial charge is 0.406 e. The molecule has 1 aromatic carbocycles. The van der Waals surface area contributed by atoms with E-state index in [2.05, 4.69) is 24.6 Å². The minimum atomic E-state index is -4.83. The molecule has 1 N–H and O–H groups in total. The van der Waals surface area contributed by atoms with Crippen LogP contribution in [0.1, 0.15) is 36.2 Å². The number of aromatic nitrogens is 4. The molecule has 2 saturated heterocycles. The first kappa shape index (κ1) is 26.1. The van der Waals surface area contributed by atoms with Crippen LogP contribution in [0.5, 0.6) is 5.75 Å². The maximum absolute atomic E-state index is 13.9. The number of benzene rings is 1. The Morgan fingerprint density at radius 1 is 1.11 bits per heavy atom. The first-order valence-electron chi connectivity index (χ1n) is 12.6. The summed E-state index contributed by atoms with van der Waals surface area (Å²) in [5, 5.41) is 9.70. The lowest BCUT2D eigenvalue weighted by atomic mass is 10.0. The zero-order chi connectivity index (χ0) is 26.9. The van der Waals surface area contributed by atoms with Gasteiger partial charge < -0.3 is 19.3 Å². The third-order valence-electron chi connectivity index (χ3n) is 7.31. The first-order chi connectivity index (χ1) is 18.2. The molecule has 5 rings (SSSR count). The number of carbonyl (C=O) groups is 1. The molecule has 2 fully saturated rings. The number of nitrogens with zero attached hydrogens (tertiary/aromatic N) is 6. The minimum Gasteiger partial charge on any atom is -0.406 e. The molecule has 0 bridgehead atoms. The number of likely N-dealkylation sites (tertiary alicyclic amines) is 2. The summed E-state index contributed by atoms with van der Waals surface area (Å²) < 4.78 is 44.1. The average Bonchev–Trinajstić information content (AvgIpc) is 3.52. The molecule has 4 heterocycles. The third-order valence-corrected chi connectivity index (χ3v) is 7.31. The van der Waals surface area contributed by atoms with Crippen molar-refractivity contribution in [2.24, 2.45) is 7.05 Å². The van der Waals surface area contributed by atoms with E-state index in [0.717, 1.165) is 32.2 Å². The van der Waals surface area contributed by atoms with Gasteiger partial charge in [-0.05, 0) is 44.4 Å². The Hall–Kier alpha value is -3.51. The van der Waals surface area contributed by atoms with Gasteiger partial charge in [0.2, 0.25) is 0 Å². The minimum absolute atomic E-state index is 0.147. The molecule has 202 valence electrons. The van der Waals surface area contributed by atoms with Gasteiger partial charge in [0, 0.05) is 55.7 Å². The molecule has 0 aliphatic carbocycles. The monoisotopic (exact) mass is 530 g/mol. The van der Waals surface area contributed by atoms with Gasteiger partial charge in [-0.1, -0.05) is 12.1 Å². The van der Waals surface area contributed by atoms with E-state index in [1.807, 2.05) is 0 Å². The van der Waals surface area contributed by atoms with Crippen molar-refractivity contribution in [2.75, 3.05) is 26.2 Å². The maximum atomic E-state index is 13.9. The van der Waals surface area contributed by atoms with E-state index in [0.29, 0.717) is 47.5 Å². The SMILES string of the molecule is Cn1c(-c2cccc(OC(F)(F)F)c2)nc(-c2cncnc2)c1C(=O)N1CCC(N2CCC[C@H]2CO)CC1. The Bertz CT molecular complexity index is 1270. The summed E-state index contributed by atoms with van der Waals surface area (Å²) >= 11 is 0. The van der Waals surface area contributed by atoms with Crippen molar-refractivity contribution < 1.29 is 27.8 Å². The number of rotatable bonds is 6. The van der Waals surface area contributed by atoms with Crippen molar-refractivity contribution in [1.82, 2.24) is 29.3 Å². The molecule has 1 amide bonds. The fourth-order valence-electron chi connectivity index (χ4n) is 5.54. The number of hydrogen-bond acceptors (Lipinski definition) is 7. The number of amides is 1. The van der Waals surface area contributed by atoms with Gasteiger partial charge in [-0.3, -0.25) is 9.69 Å². The van der Waals surface area contributed by atoms with Crippen molar-refractivity contribution >= 4 is 5.91 Å². The van der Waals surface area contributed by atoms with Crippen molar-refractivity contribution in [3.63, 3.8) is 0 Å². The highest BCUT2D eigenvalue weighted by atomic mass is 19.4. The molecule has 3 aromatic rings. The summed E-state index contributed by atoms with van der Waals surface area (Å²) in [6, 6.07) is 6.02.